The number of nitrogens with one attached hydrogen (secondary N) is 2. The molecule has 22 heavy (non-hydrogen) atoms. The molecule has 0 bridgehead atoms. The van der Waals surface area contributed by atoms with Gasteiger partial charge >= 0.3 is 0 Å². The van der Waals surface area contributed by atoms with Crippen molar-refractivity contribution in [2.45, 2.75) is 30.7 Å². The summed E-state index contributed by atoms with van der Waals surface area (Å²) < 4.78 is 26.7. The molecule has 1 aromatic rings. The zero-order valence-electron chi connectivity index (χ0n) is 12.3. The van der Waals surface area contributed by atoms with Crippen molar-refractivity contribution in [1.29, 1.82) is 0 Å². The van der Waals surface area contributed by atoms with Crippen molar-refractivity contribution in [2.75, 3.05) is 13.6 Å². The lowest BCUT2D eigenvalue weighted by Crippen LogP contribution is -2.33. The van der Waals surface area contributed by atoms with E-state index in [-0.39, 0.29) is 16.6 Å². The van der Waals surface area contributed by atoms with Gasteiger partial charge in [0.1, 0.15) is 0 Å². The van der Waals surface area contributed by atoms with Crippen LogP contribution in [0.2, 0.25) is 0 Å². The number of rotatable bonds is 8. The van der Waals surface area contributed by atoms with Crippen molar-refractivity contribution >= 4 is 52.9 Å². The molecule has 0 saturated heterocycles. The van der Waals surface area contributed by atoms with Crippen LogP contribution in [0.1, 0.15) is 19.8 Å². The number of hydrogen-bond acceptors (Lipinski definition) is 5. The van der Waals surface area contributed by atoms with E-state index in [1.807, 2.05) is 7.05 Å². The Bertz CT molecular complexity index is 552. The molecule has 1 rings (SSSR count). The lowest BCUT2D eigenvalue weighted by Gasteiger charge is -2.14. The Morgan fingerprint density at radius 2 is 1.82 bits per heavy atom. The normalized spacial score (nSPS) is 12.2. The maximum Gasteiger partial charge on any atom is 0.269 e. The number of benzene rings is 1. The van der Waals surface area contributed by atoms with Gasteiger partial charge in [-0.1, -0.05) is 0 Å². The van der Waals surface area contributed by atoms with E-state index < -0.39 is 14.9 Å². The third kappa shape index (κ3) is 7.99. The number of non-ortho nitro benzene ring substituents is 1. The minimum absolute atomic E-state index is 0.0311. The van der Waals surface area contributed by atoms with E-state index in [9.17, 15) is 18.5 Å². The highest BCUT2D eigenvalue weighted by Crippen LogP contribution is 2.16. The highest BCUT2D eigenvalue weighted by Gasteiger charge is 2.18. The van der Waals surface area contributed by atoms with Crippen molar-refractivity contribution in [3.63, 3.8) is 0 Å². The molecule has 10 heteroatoms. The van der Waals surface area contributed by atoms with Gasteiger partial charge in [-0.05, 0) is 45.5 Å². The molecule has 0 saturated carbocycles. The van der Waals surface area contributed by atoms with Crippen LogP contribution in [0.3, 0.4) is 0 Å². The second-order valence-corrected chi connectivity index (χ2v) is 6.23. The average molecular weight is 555 g/mol. The zero-order valence-corrected chi connectivity index (χ0v) is 17.4. The number of nitro benzene ring substituents is 1. The highest BCUT2D eigenvalue weighted by molar-refractivity contribution is 15.0. The number of halogens is 2. The molecule has 1 aromatic carbocycles. The molecule has 0 heterocycles. The molecule has 0 radical (unpaired) electrons. The first kappa shape index (κ1) is 21.9. The van der Waals surface area contributed by atoms with Crippen LogP contribution in [0.5, 0.6) is 0 Å². The topological polar surface area (TPSA) is 101 Å². The van der Waals surface area contributed by atoms with Crippen LogP contribution in [0.25, 0.3) is 0 Å². The van der Waals surface area contributed by atoms with Crippen LogP contribution < -0.4 is 10.0 Å². The Kier molecular flexibility index (Phi) is 11.5. The standard InChI is InChI=1S/C12H19N3O4S.I2/c1-10(4-3-9-13-2)14-20(18,19)12-7-5-11(6-8-12)15(16)17;1-2/h5-8,10,13-14H,3-4,9H2,1-2H3;/t10-;/m1./s1. The second kappa shape index (κ2) is 11.5. The second-order valence-electron chi connectivity index (χ2n) is 4.52. The Morgan fingerprint density at radius 3 is 2.27 bits per heavy atom. The monoisotopic (exact) mass is 555 g/mol. The molecule has 2 N–H and O–H groups in total. The highest BCUT2D eigenvalue weighted by atomic mass is 128. The predicted octanol–water partition coefficient (Wildman–Crippen LogP) is 3.03. The van der Waals surface area contributed by atoms with Crippen LogP contribution in [0.15, 0.2) is 29.2 Å². The Hall–Kier alpha value is -0.0500. The van der Waals surface area contributed by atoms with Gasteiger partial charge in [-0.25, -0.2) is 13.1 Å². The summed E-state index contributed by atoms with van der Waals surface area (Å²) in [6.45, 7) is 2.61. The molecule has 0 amide bonds. The summed E-state index contributed by atoms with van der Waals surface area (Å²) in [5.41, 5.74) is -0.133. The molecule has 126 valence electrons. The molecule has 1 atom stereocenters. The molecule has 0 fully saturated rings. The number of nitro groups is 1. The van der Waals surface area contributed by atoms with E-state index in [2.05, 4.69) is 47.3 Å². The number of nitrogens with zero attached hydrogens (tertiary/aromatic N) is 1. The first-order chi connectivity index (χ1) is 10.4. The van der Waals surface area contributed by atoms with Gasteiger partial charge in [-0.15, -0.1) is 0 Å². The third-order valence-corrected chi connectivity index (χ3v) is 4.38. The maximum atomic E-state index is 12.1. The summed E-state index contributed by atoms with van der Waals surface area (Å²) in [6, 6.07) is 4.64. The van der Waals surface area contributed by atoms with Gasteiger partial charge in [0.25, 0.3) is 5.69 Å². The molecule has 0 unspecified atom stereocenters. The Balaban J connectivity index is 0.00000211. The fraction of sp³-hybridized carbons (Fsp3) is 0.500. The minimum Gasteiger partial charge on any atom is -0.320 e. The van der Waals surface area contributed by atoms with Gasteiger partial charge in [-0.2, -0.15) is 0 Å². The van der Waals surface area contributed by atoms with Crippen molar-refractivity contribution in [3.8, 4) is 0 Å². The van der Waals surface area contributed by atoms with E-state index in [4.69, 9.17) is 0 Å². The van der Waals surface area contributed by atoms with Crippen molar-refractivity contribution in [2.24, 2.45) is 0 Å². The predicted molar refractivity (Wildman–Crippen MR) is 104 cm³/mol. The lowest BCUT2D eigenvalue weighted by molar-refractivity contribution is -0.384. The maximum absolute atomic E-state index is 12.1. The average Bonchev–Trinajstić information content (AvgIpc) is 2.49. The molecule has 0 aliphatic carbocycles. The van der Waals surface area contributed by atoms with Gasteiger partial charge in [0.05, 0.1) is 9.82 Å². The van der Waals surface area contributed by atoms with E-state index >= 15 is 0 Å². The van der Waals surface area contributed by atoms with Gasteiger partial charge in [0.2, 0.25) is 10.0 Å². The van der Waals surface area contributed by atoms with Crippen molar-refractivity contribution in [1.82, 2.24) is 10.0 Å². The fourth-order valence-corrected chi connectivity index (χ4v) is 3.00. The smallest absolute Gasteiger partial charge is 0.269 e. The van der Waals surface area contributed by atoms with E-state index in [0.29, 0.717) is 6.42 Å². The molecule has 0 aromatic heterocycles. The first-order valence-electron chi connectivity index (χ1n) is 6.42. The quantitative estimate of drug-likeness (QED) is 0.223. The molecule has 0 aliphatic heterocycles. The molecular formula is C12H19I2N3O4S. The fourth-order valence-electron chi connectivity index (χ4n) is 1.72. The molecular weight excluding hydrogens is 536 g/mol. The summed E-state index contributed by atoms with van der Waals surface area (Å²) in [4.78, 5) is 9.99. The number of hydrogen-bond donors (Lipinski definition) is 2. The third-order valence-electron chi connectivity index (χ3n) is 2.78. The van der Waals surface area contributed by atoms with Crippen LogP contribution in [-0.2, 0) is 10.0 Å². The van der Waals surface area contributed by atoms with Crippen molar-refractivity contribution in [3.05, 3.63) is 34.4 Å². The SMILES string of the molecule is CNCCC[C@@H](C)NS(=O)(=O)c1ccc([N+](=O)[O-])cc1.II. The minimum atomic E-state index is -3.63. The molecule has 0 spiro atoms. The lowest BCUT2D eigenvalue weighted by atomic mass is 10.2. The van der Waals surface area contributed by atoms with Crippen molar-refractivity contribution < 1.29 is 13.3 Å². The van der Waals surface area contributed by atoms with Gasteiger partial charge in [-0.3, -0.25) is 10.1 Å². The van der Waals surface area contributed by atoms with E-state index in [0.717, 1.165) is 13.0 Å². The van der Waals surface area contributed by atoms with E-state index in [1.54, 1.807) is 6.92 Å². The van der Waals surface area contributed by atoms with Gasteiger partial charge < -0.3 is 5.32 Å². The summed E-state index contributed by atoms with van der Waals surface area (Å²) in [6.07, 6.45) is 1.58. The Morgan fingerprint density at radius 1 is 1.27 bits per heavy atom. The van der Waals surface area contributed by atoms with Crippen LogP contribution in [0.4, 0.5) is 5.69 Å². The first-order valence-corrected chi connectivity index (χ1v) is 14.2. The zero-order chi connectivity index (χ0) is 17.2. The summed E-state index contributed by atoms with van der Waals surface area (Å²) in [5.74, 6) is 0. The van der Waals surface area contributed by atoms with Gasteiger partial charge in [0.15, 0.2) is 0 Å². The van der Waals surface area contributed by atoms with Gasteiger partial charge in [0, 0.05) is 55.4 Å². The molecule has 0 aliphatic rings. The summed E-state index contributed by atoms with van der Waals surface area (Å²) in [7, 11) is -1.79. The number of sulfonamides is 1. The van der Waals surface area contributed by atoms with Crippen LogP contribution in [0, 0.1) is 10.1 Å². The summed E-state index contributed by atoms with van der Waals surface area (Å²) >= 11 is 4.24. The molecule has 7 nitrogen and oxygen atoms in total. The Labute approximate surface area is 154 Å². The van der Waals surface area contributed by atoms with Crippen LogP contribution >= 0.6 is 37.2 Å². The van der Waals surface area contributed by atoms with E-state index in [1.165, 1.54) is 24.3 Å². The largest absolute Gasteiger partial charge is 0.320 e. The summed E-state index contributed by atoms with van der Waals surface area (Å²) in [5, 5.41) is 13.5. The van der Waals surface area contributed by atoms with Crippen LogP contribution in [-0.4, -0.2) is 33.0 Å².